The lowest BCUT2D eigenvalue weighted by Gasteiger charge is -2.36. The first-order valence-electron chi connectivity index (χ1n) is 6.05. The third-order valence-electron chi connectivity index (χ3n) is 3.37. The molecule has 2 heterocycles. The molecule has 0 saturated carbocycles. The van der Waals surface area contributed by atoms with E-state index in [1.165, 1.54) is 11.1 Å². The van der Waals surface area contributed by atoms with E-state index in [-0.39, 0.29) is 0 Å². The van der Waals surface area contributed by atoms with E-state index in [4.69, 9.17) is 5.73 Å². The van der Waals surface area contributed by atoms with Crippen LogP contribution >= 0.6 is 0 Å². The third-order valence-corrected chi connectivity index (χ3v) is 3.37. The van der Waals surface area contributed by atoms with Gasteiger partial charge in [0.2, 0.25) is 0 Å². The molecule has 1 saturated heterocycles. The highest BCUT2D eigenvalue weighted by Gasteiger charge is 2.22. The Bertz CT molecular complexity index is 351. The normalized spacial score (nSPS) is 26.9. The maximum absolute atomic E-state index is 5.97. The van der Waals surface area contributed by atoms with E-state index in [1.807, 2.05) is 12.4 Å². The van der Waals surface area contributed by atoms with Crippen LogP contribution in [-0.2, 0) is 6.54 Å². The van der Waals surface area contributed by atoms with Crippen LogP contribution in [0.3, 0.4) is 0 Å². The van der Waals surface area contributed by atoms with Crippen molar-refractivity contribution in [2.75, 3.05) is 6.54 Å². The first-order valence-corrected chi connectivity index (χ1v) is 6.05. The van der Waals surface area contributed by atoms with Crippen LogP contribution < -0.4 is 5.73 Å². The highest BCUT2D eigenvalue weighted by molar-refractivity contribution is 5.16. The molecule has 88 valence electrons. The molecule has 1 fully saturated rings. The van der Waals surface area contributed by atoms with Gasteiger partial charge in [-0.15, -0.1) is 0 Å². The Morgan fingerprint density at radius 1 is 1.50 bits per heavy atom. The molecule has 2 unspecified atom stereocenters. The minimum absolute atomic E-state index is 0.391. The molecular weight excluding hydrogens is 198 g/mol. The van der Waals surface area contributed by atoms with Gasteiger partial charge in [-0.2, -0.15) is 0 Å². The zero-order valence-corrected chi connectivity index (χ0v) is 10.2. The van der Waals surface area contributed by atoms with Crippen LogP contribution in [0.2, 0.25) is 0 Å². The molecule has 2 N–H and O–H groups in total. The number of pyridine rings is 1. The minimum atomic E-state index is 0.391. The first kappa shape index (κ1) is 11.6. The van der Waals surface area contributed by atoms with Gasteiger partial charge in [-0.1, -0.05) is 6.07 Å². The molecule has 3 nitrogen and oxygen atoms in total. The number of aromatic nitrogens is 1. The summed E-state index contributed by atoms with van der Waals surface area (Å²) in [6.45, 7) is 6.47. The van der Waals surface area contributed by atoms with Crippen molar-refractivity contribution in [2.45, 2.75) is 45.3 Å². The van der Waals surface area contributed by atoms with E-state index >= 15 is 0 Å². The van der Waals surface area contributed by atoms with Crippen LogP contribution in [-0.4, -0.2) is 28.5 Å². The molecule has 0 amide bonds. The highest BCUT2D eigenvalue weighted by Crippen LogP contribution is 2.18. The fraction of sp³-hybridized carbons (Fsp3) is 0.615. The fourth-order valence-corrected chi connectivity index (χ4v) is 2.43. The van der Waals surface area contributed by atoms with Gasteiger partial charge in [0, 0.05) is 37.6 Å². The Kier molecular flexibility index (Phi) is 3.56. The van der Waals surface area contributed by atoms with Crippen molar-refractivity contribution in [3.05, 3.63) is 29.6 Å². The predicted molar refractivity (Wildman–Crippen MR) is 66.1 cm³/mol. The fourth-order valence-electron chi connectivity index (χ4n) is 2.43. The molecule has 16 heavy (non-hydrogen) atoms. The van der Waals surface area contributed by atoms with Crippen molar-refractivity contribution in [3.8, 4) is 0 Å². The van der Waals surface area contributed by atoms with E-state index in [2.05, 4.69) is 29.8 Å². The minimum Gasteiger partial charge on any atom is -0.328 e. The summed E-state index contributed by atoms with van der Waals surface area (Å²) in [4.78, 5) is 6.74. The van der Waals surface area contributed by atoms with Gasteiger partial charge in [-0.05, 0) is 37.8 Å². The molecule has 1 aliphatic rings. The Morgan fingerprint density at radius 3 is 3.00 bits per heavy atom. The second-order valence-electron chi connectivity index (χ2n) is 4.97. The Morgan fingerprint density at radius 2 is 2.31 bits per heavy atom. The number of hydrogen-bond acceptors (Lipinski definition) is 3. The number of rotatable bonds is 2. The number of nitrogens with zero attached hydrogens (tertiary/aromatic N) is 2. The van der Waals surface area contributed by atoms with E-state index in [9.17, 15) is 0 Å². The topological polar surface area (TPSA) is 42.2 Å². The summed E-state index contributed by atoms with van der Waals surface area (Å²) in [5.74, 6) is 0. The Hall–Kier alpha value is -0.930. The zero-order chi connectivity index (χ0) is 11.5. The summed E-state index contributed by atoms with van der Waals surface area (Å²) < 4.78 is 0. The van der Waals surface area contributed by atoms with Gasteiger partial charge < -0.3 is 5.73 Å². The summed E-state index contributed by atoms with van der Waals surface area (Å²) in [6.07, 6.45) is 6.09. The van der Waals surface area contributed by atoms with E-state index in [1.54, 1.807) is 0 Å². The molecule has 3 heteroatoms. The van der Waals surface area contributed by atoms with Crippen LogP contribution in [0.15, 0.2) is 18.5 Å². The molecule has 1 aromatic heterocycles. The van der Waals surface area contributed by atoms with Crippen LogP contribution in [0, 0.1) is 6.92 Å². The van der Waals surface area contributed by atoms with Crippen molar-refractivity contribution in [3.63, 3.8) is 0 Å². The second-order valence-corrected chi connectivity index (χ2v) is 4.97. The standard InChI is InChI=1S/C13H21N3/c1-10-5-12(8-15-7-10)9-16-4-3-13(14)6-11(16)2/h5,7-8,11,13H,3-4,6,9,14H2,1-2H3. The maximum atomic E-state index is 5.97. The lowest BCUT2D eigenvalue weighted by atomic mass is 9.98. The molecular formula is C13H21N3. The van der Waals surface area contributed by atoms with E-state index in [0.29, 0.717) is 12.1 Å². The highest BCUT2D eigenvalue weighted by atomic mass is 15.2. The van der Waals surface area contributed by atoms with Crippen LogP contribution in [0.25, 0.3) is 0 Å². The number of nitrogens with two attached hydrogens (primary N) is 1. The third kappa shape index (κ3) is 2.80. The van der Waals surface area contributed by atoms with Crippen molar-refractivity contribution in [1.82, 2.24) is 9.88 Å². The number of piperidine rings is 1. The van der Waals surface area contributed by atoms with Crippen LogP contribution in [0.4, 0.5) is 0 Å². The lowest BCUT2D eigenvalue weighted by Crippen LogP contribution is -2.44. The molecule has 0 aliphatic carbocycles. The summed E-state index contributed by atoms with van der Waals surface area (Å²) >= 11 is 0. The molecule has 2 atom stereocenters. The molecule has 1 aromatic rings. The average molecular weight is 219 g/mol. The molecule has 0 radical (unpaired) electrons. The van der Waals surface area contributed by atoms with Crippen molar-refractivity contribution < 1.29 is 0 Å². The van der Waals surface area contributed by atoms with Gasteiger partial charge in [-0.25, -0.2) is 0 Å². The SMILES string of the molecule is Cc1cncc(CN2CCC(N)CC2C)c1. The van der Waals surface area contributed by atoms with Crippen molar-refractivity contribution in [2.24, 2.45) is 5.73 Å². The average Bonchev–Trinajstić information content (AvgIpc) is 2.22. The van der Waals surface area contributed by atoms with E-state index in [0.717, 1.165) is 25.9 Å². The monoisotopic (exact) mass is 219 g/mol. The number of aryl methyl sites for hydroxylation is 1. The van der Waals surface area contributed by atoms with Gasteiger partial charge in [0.05, 0.1) is 0 Å². The Balaban J connectivity index is 1.99. The van der Waals surface area contributed by atoms with Crippen molar-refractivity contribution >= 4 is 0 Å². The lowest BCUT2D eigenvalue weighted by molar-refractivity contribution is 0.140. The van der Waals surface area contributed by atoms with Gasteiger partial charge >= 0.3 is 0 Å². The summed E-state index contributed by atoms with van der Waals surface area (Å²) in [5, 5.41) is 0. The number of likely N-dealkylation sites (tertiary alicyclic amines) is 1. The Labute approximate surface area is 97.7 Å². The van der Waals surface area contributed by atoms with Crippen LogP contribution in [0.5, 0.6) is 0 Å². The van der Waals surface area contributed by atoms with Gasteiger partial charge in [0.1, 0.15) is 0 Å². The summed E-state index contributed by atoms with van der Waals surface area (Å²) in [7, 11) is 0. The molecule has 0 aromatic carbocycles. The molecule has 0 bridgehead atoms. The largest absolute Gasteiger partial charge is 0.328 e. The number of hydrogen-bond donors (Lipinski definition) is 1. The van der Waals surface area contributed by atoms with E-state index < -0.39 is 0 Å². The quantitative estimate of drug-likeness (QED) is 0.823. The summed E-state index contributed by atoms with van der Waals surface area (Å²) in [6, 6.07) is 3.19. The molecule has 0 spiro atoms. The maximum Gasteiger partial charge on any atom is 0.0313 e. The van der Waals surface area contributed by atoms with Crippen molar-refractivity contribution in [1.29, 1.82) is 0 Å². The smallest absolute Gasteiger partial charge is 0.0313 e. The van der Waals surface area contributed by atoms with Gasteiger partial charge in [0.25, 0.3) is 0 Å². The van der Waals surface area contributed by atoms with Gasteiger partial charge in [-0.3, -0.25) is 9.88 Å². The van der Waals surface area contributed by atoms with Gasteiger partial charge in [0.15, 0.2) is 0 Å². The molecule has 1 aliphatic heterocycles. The molecule has 2 rings (SSSR count). The second kappa shape index (κ2) is 4.93. The predicted octanol–water partition coefficient (Wildman–Crippen LogP) is 1.70. The van der Waals surface area contributed by atoms with Crippen LogP contribution in [0.1, 0.15) is 30.9 Å². The summed E-state index contributed by atoms with van der Waals surface area (Å²) in [5.41, 5.74) is 8.51. The first-order chi connectivity index (χ1) is 7.65. The zero-order valence-electron chi connectivity index (χ0n) is 10.2.